The number of nitro benzene ring substituents is 1. The second-order valence-corrected chi connectivity index (χ2v) is 7.87. The highest BCUT2D eigenvalue weighted by atomic mass is 19.1. The van der Waals surface area contributed by atoms with Crippen LogP contribution in [0.4, 0.5) is 10.1 Å². The Bertz CT molecular complexity index is 1070. The number of H-pyrrole nitrogens is 1. The topological polar surface area (TPSA) is 101 Å². The van der Waals surface area contributed by atoms with E-state index in [1.165, 1.54) is 18.2 Å². The van der Waals surface area contributed by atoms with Crippen LogP contribution in [0.3, 0.4) is 0 Å². The lowest BCUT2D eigenvalue weighted by Gasteiger charge is -2.27. The molecule has 2 aromatic carbocycles. The van der Waals surface area contributed by atoms with Gasteiger partial charge in [0.15, 0.2) is 0 Å². The summed E-state index contributed by atoms with van der Waals surface area (Å²) in [7, 11) is 0. The SMILES string of the molecule is O=C(NCc1ccccc1F)C1CCC(Cc2nc3ccc([N+](=O)[O-])cc3[nH]2)CC1. The van der Waals surface area contributed by atoms with Crippen molar-refractivity contribution in [2.24, 2.45) is 11.8 Å². The number of carbonyl (C=O) groups is 1. The second kappa shape index (κ2) is 8.61. The van der Waals surface area contributed by atoms with E-state index in [0.29, 0.717) is 17.0 Å². The van der Waals surface area contributed by atoms with Crippen LogP contribution in [0.1, 0.15) is 37.1 Å². The fourth-order valence-corrected chi connectivity index (χ4v) is 4.13. The molecule has 0 bridgehead atoms. The highest BCUT2D eigenvalue weighted by molar-refractivity contribution is 5.79. The first-order chi connectivity index (χ1) is 14.5. The van der Waals surface area contributed by atoms with Gasteiger partial charge < -0.3 is 10.3 Å². The molecular weight excluding hydrogens is 387 g/mol. The van der Waals surface area contributed by atoms with Crippen molar-refractivity contribution in [3.8, 4) is 0 Å². The molecule has 3 aromatic rings. The van der Waals surface area contributed by atoms with Gasteiger partial charge in [-0.3, -0.25) is 14.9 Å². The largest absolute Gasteiger partial charge is 0.352 e. The van der Waals surface area contributed by atoms with Crippen LogP contribution < -0.4 is 5.32 Å². The van der Waals surface area contributed by atoms with E-state index in [9.17, 15) is 19.3 Å². The van der Waals surface area contributed by atoms with E-state index in [2.05, 4.69) is 15.3 Å². The summed E-state index contributed by atoms with van der Waals surface area (Å²) in [5, 5.41) is 13.8. The molecule has 1 saturated carbocycles. The molecule has 0 atom stereocenters. The monoisotopic (exact) mass is 410 g/mol. The number of non-ortho nitro benzene ring substituents is 1. The van der Waals surface area contributed by atoms with Gasteiger partial charge in [0.2, 0.25) is 5.91 Å². The number of nitrogens with zero attached hydrogens (tertiary/aromatic N) is 2. The number of hydrogen-bond acceptors (Lipinski definition) is 4. The van der Waals surface area contributed by atoms with Gasteiger partial charge in [-0.25, -0.2) is 9.37 Å². The van der Waals surface area contributed by atoms with Gasteiger partial charge in [0, 0.05) is 36.6 Å². The van der Waals surface area contributed by atoms with Crippen LogP contribution in [0.25, 0.3) is 11.0 Å². The van der Waals surface area contributed by atoms with E-state index in [1.807, 2.05) is 0 Å². The minimum atomic E-state index is -0.418. The molecule has 0 radical (unpaired) electrons. The Morgan fingerprint density at radius 2 is 1.97 bits per heavy atom. The van der Waals surface area contributed by atoms with Crippen molar-refractivity contribution in [2.75, 3.05) is 0 Å². The third-order valence-electron chi connectivity index (χ3n) is 5.84. The number of benzene rings is 2. The van der Waals surface area contributed by atoms with Gasteiger partial charge in [0.25, 0.3) is 5.69 Å². The van der Waals surface area contributed by atoms with Crippen molar-refractivity contribution in [3.63, 3.8) is 0 Å². The summed E-state index contributed by atoms with van der Waals surface area (Å²) < 4.78 is 13.7. The number of hydrogen-bond donors (Lipinski definition) is 2. The summed E-state index contributed by atoms with van der Waals surface area (Å²) in [6, 6.07) is 11.1. The minimum absolute atomic E-state index is 0.0206. The zero-order valence-corrected chi connectivity index (χ0v) is 16.4. The van der Waals surface area contributed by atoms with Gasteiger partial charge >= 0.3 is 0 Å². The first-order valence-electron chi connectivity index (χ1n) is 10.1. The molecule has 1 amide bonds. The highest BCUT2D eigenvalue weighted by Gasteiger charge is 2.27. The molecular formula is C22H23FN4O3. The molecule has 2 N–H and O–H groups in total. The van der Waals surface area contributed by atoms with Crippen LogP contribution in [-0.4, -0.2) is 20.8 Å². The Balaban J connectivity index is 1.29. The van der Waals surface area contributed by atoms with Gasteiger partial charge in [-0.05, 0) is 43.7 Å². The van der Waals surface area contributed by atoms with Gasteiger partial charge in [-0.15, -0.1) is 0 Å². The Morgan fingerprint density at radius 1 is 1.20 bits per heavy atom. The summed E-state index contributed by atoms with van der Waals surface area (Å²) in [5.41, 5.74) is 1.92. The number of fused-ring (bicyclic) bond motifs is 1. The van der Waals surface area contributed by atoms with Crippen LogP contribution in [0.15, 0.2) is 42.5 Å². The smallest absolute Gasteiger partial charge is 0.271 e. The average molecular weight is 410 g/mol. The number of aromatic amines is 1. The van der Waals surface area contributed by atoms with E-state index in [-0.39, 0.29) is 29.9 Å². The quantitative estimate of drug-likeness (QED) is 0.468. The summed E-state index contributed by atoms with van der Waals surface area (Å²) in [4.78, 5) is 30.7. The fraction of sp³-hybridized carbons (Fsp3) is 0.364. The number of carbonyl (C=O) groups excluding carboxylic acids is 1. The molecule has 0 saturated heterocycles. The Morgan fingerprint density at radius 3 is 2.70 bits per heavy atom. The molecule has 0 unspecified atom stereocenters. The number of halogens is 1. The molecule has 1 aromatic heterocycles. The van der Waals surface area contributed by atoms with E-state index in [4.69, 9.17) is 0 Å². The molecule has 0 spiro atoms. The standard InChI is InChI=1S/C22H23FN4O3/c23-18-4-2-1-3-16(18)13-24-22(28)15-7-5-14(6-8-15)11-21-25-19-10-9-17(27(29)30)12-20(19)26-21/h1-4,9-10,12,14-15H,5-8,11,13H2,(H,24,28)(H,25,26). The van der Waals surface area contributed by atoms with Crippen molar-refractivity contribution >= 4 is 22.6 Å². The van der Waals surface area contributed by atoms with E-state index >= 15 is 0 Å². The predicted octanol–water partition coefficient (Wildman–Crippen LogP) is 4.28. The van der Waals surface area contributed by atoms with Crippen molar-refractivity contribution < 1.29 is 14.1 Å². The third kappa shape index (κ3) is 4.48. The zero-order chi connectivity index (χ0) is 21.1. The molecule has 0 aliphatic heterocycles. The first kappa shape index (κ1) is 20.0. The second-order valence-electron chi connectivity index (χ2n) is 7.87. The number of aromatic nitrogens is 2. The van der Waals surface area contributed by atoms with Crippen LogP contribution in [0.2, 0.25) is 0 Å². The highest BCUT2D eigenvalue weighted by Crippen LogP contribution is 2.31. The predicted molar refractivity (Wildman–Crippen MR) is 110 cm³/mol. The molecule has 1 aliphatic carbocycles. The number of rotatable bonds is 6. The maximum atomic E-state index is 13.7. The molecule has 7 nitrogen and oxygen atoms in total. The van der Waals surface area contributed by atoms with Crippen LogP contribution >= 0.6 is 0 Å². The first-order valence-corrected chi connectivity index (χ1v) is 10.1. The molecule has 1 heterocycles. The zero-order valence-electron chi connectivity index (χ0n) is 16.4. The molecule has 8 heteroatoms. The van der Waals surface area contributed by atoms with E-state index < -0.39 is 4.92 Å². The Hall–Kier alpha value is -3.29. The summed E-state index contributed by atoms with van der Waals surface area (Å²) in [5.74, 6) is 0.853. The fourth-order valence-electron chi connectivity index (χ4n) is 4.13. The van der Waals surface area contributed by atoms with Crippen LogP contribution in [-0.2, 0) is 17.8 Å². The molecule has 156 valence electrons. The lowest BCUT2D eigenvalue weighted by molar-refractivity contribution is -0.384. The van der Waals surface area contributed by atoms with Gasteiger partial charge in [-0.1, -0.05) is 18.2 Å². The number of amides is 1. The minimum Gasteiger partial charge on any atom is -0.352 e. The van der Waals surface area contributed by atoms with Crippen molar-refractivity contribution in [3.05, 3.63) is 69.8 Å². The maximum Gasteiger partial charge on any atom is 0.271 e. The van der Waals surface area contributed by atoms with Crippen molar-refractivity contribution in [1.29, 1.82) is 0 Å². The van der Waals surface area contributed by atoms with Crippen molar-refractivity contribution in [2.45, 2.75) is 38.6 Å². The lowest BCUT2D eigenvalue weighted by Crippen LogP contribution is -2.33. The van der Waals surface area contributed by atoms with Gasteiger partial charge in [0.05, 0.1) is 16.0 Å². The summed E-state index contributed by atoms with van der Waals surface area (Å²) in [6.07, 6.45) is 4.16. The molecule has 1 fully saturated rings. The Labute approximate surface area is 172 Å². The van der Waals surface area contributed by atoms with Crippen LogP contribution in [0, 0.1) is 27.8 Å². The normalized spacial score (nSPS) is 19.0. The average Bonchev–Trinajstić information content (AvgIpc) is 3.15. The number of nitrogens with one attached hydrogen (secondary N) is 2. The number of imidazole rings is 1. The van der Waals surface area contributed by atoms with E-state index in [0.717, 1.165) is 43.4 Å². The van der Waals surface area contributed by atoms with Gasteiger partial charge in [0.1, 0.15) is 11.6 Å². The maximum absolute atomic E-state index is 13.7. The third-order valence-corrected chi connectivity index (χ3v) is 5.84. The van der Waals surface area contributed by atoms with E-state index in [1.54, 1.807) is 24.3 Å². The molecule has 1 aliphatic rings. The summed E-state index contributed by atoms with van der Waals surface area (Å²) >= 11 is 0. The van der Waals surface area contributed by atoms with Gasteiger partial charge in [-0.2, -0.15) is 0 Å². The molecule has 30 heavy (non-hydrogen) atoms. The van der Waals surface area contributed by atoms with Crippen LogP contribution in [0.5, 0.6) is 0 Å². The summed E-state index contributed by atoms with van der Waals surface area (Å²) in [6.45, 7) is 0.205. The van der Waals surface area contributed by atoms with Crippen molar-refractivity contribution in [1.82, 2.24) is 15.3 Å². The number of nitro groups is 1. The molecule has 4 rings (SSSR count). The lowest BCUT2D eigenvalue weighted by atomic mass is 9.80. The Kier molecular flexibility index (Phi) is 5.74.